The Hall–Kier alpha value is -1.57. The van der Waals surface area contributed by atoms with Crippen LogP contribution >= 0.6 is 7.44 Å². The van der Waals surface area contributed by atoms with E-state index in [4.69, 9.17) is 10.5 Å². The summed E-state index contributed by atoms with van der Waals surface area (Å²) in [6.45, 7) is 6.67. The lowest BCUT2D eigenvalue weighted by Crippen LogP contribution is -2.31. The summed E-state index contributed by atoms with van der Waals surface area (Å²) in [6, 6.07) is 5.18. The number of ether oxygens (including phenoxy) is 1. The van der Waals surface area contributed by atoms with Crippen molar-refractivity contribution in [3.63, 3.8) is 0 Å². The Morgan fingerprint density at radius 1 is 1.28 bits per heavy atom. The molecule has 1 aromatic rings. The fraction of sp³-hybridized carbons (Fsp3) is 0.550. The molecule has 0 aromatic heterocycles. The molecule has 164 valence electrons. The third-order valence-corrected chi connectivity index (χ3v) is 6.95. The minimum atomic E-state index is -2.58. The average Bonchev–Trinajstić information content (AvgIpc) is 2.72. The molecule has 1 aromatic carbocycles. The second-order valence-corrected chi connectivity index (χ2v) is 9.34. The van der Waals surface area contributed by atoms with Crippen molar-refractivity contribution in [2.45, 2.75) is 20.3 Å². The summed E-state index contributed by atoms with van der Waals surface area (Å²) in [4.78, 5) is 13.4. The Labute approximate surface area is 173 Å². The number of nitrogens with two attached hydrogens (primary N) is 1. The van der Waals surface area contributed by atoms with Crippen molar-refractivity contribution in [3.05, 3.63) is 41.2 Å². The number of benzene rings is 1. The second-order valence-electron chi connectivity index (χ2n) is 6.78. The van der Waals surface area contributed by atoms with E-state index < -0.39 is 7.44 Å². The van der Waals surface area contributed by atoms with Crippen LogP contribution in [0.1, 0.15) is 29.8 Å². The fourth-order valence-electron chi connectivity index (χ4n) is 2.77. The quantitative estimate of drug-likeness (QED) is 0.292. The Bertz CT molecular complexity index is 705. The van der Waals surface area contributed by atoms with E-state index in [0.717, 1.165) is 11.8 Å². The van der Waals surface area contributed by atoms with E-state index in [-0.39, 0.29) is 13.2 Å². The third-order valence-electron chi connectivity index (χ3n) is 4.47. The number of hydrogen-bond donors (Lipinski definition) is 3. The van der Waals surface area contributed by atoms with Gasteiger partial charge >= 0.3 is 0 Å². The Balaban J connectivity index is 2.67. The maximum absolute atomic E-state index is 12.8. The van der Waals surface area contributed by atoms with E-state index in [1.54, 1.807) is 18.2 Å². The van der Waals surface area contributed by atoms with Crippen molar-refractivity contribution >= 4 is 13.7 Å². The highest BCUT2D eigenvalue weighted by atomic mass is 31.2. The average molecular weight is 428 g/mol. The second kappa shape index (κ2) is 13.6. The standard InChI is InChI=1S/C20H34FN4O3P/c1-4-23-29(27,24-5-2)11-10-25(3)9-8-18-12-20(7-6-19(18)15-26)28-16-17(13-21)14-22/h6-7,12-13,15H,4-5,8-11,14,16,22H2,1-3H3,(H2,23,24,27)/b17-13-. The Morgan fingerprint density at radius 2 is 1.97 bits per heavy atom. The van der Waals surface area contributed by atoms with Gasteiger partial charge in [0.2, 0.25) is 7.44 Å². The first-order chi connectivity index (χ1) is 13.9. The third kappa shape index (κ3) is 9.19. The van der Waals surface area contributed by atoms with Crippen LogP contribution in [0.4, 0.5) is 4.39 Å². The van der Waals surface area contributed by atoms with E-state index in [2.05, 4.69) is 15.1 Å². The molecule has 9 heteroatoms. The van der Waals surface area contributed by atoms with E-state index in [0.29, 0.717) is 62.0 Å². The van der Waals surface area contributed by atoms with Gasteiger partial charge in [0, 0.05) is 36.9 Å². The summed E-state index contributed by atoms with van der Waals surface area (Å²) < 4.78 is 31.0. The predicted octanol–water partition coefficient (Wildman–Crippen LogP) is 2.58. The minimum absolute atomic E-state index is 0.0664. The van der Waals surface area contributed by atoms with Crippen LogP contribution in [0.25, 0.3) is 0 Å². The van der Waals surface area contributed by atoms with Crippen LogP contribution in [0.15, 0.2) is 30.1 Å². The summed E-state index contributed by atoms with van der Waals surface area (Å²) in [5.74, 6) is 0.560. The first-order valence-electron chi connectivity index (χ1n) is 9.88. The van der Waals surface area contributed by atoms with Crippen molar-refractivity contribution in [1.29, 1.82) is 0 Å². The van der Waals surface area contributed by atoms with Crippen LogP contribution in [0, 0.1) is 0 Å². The summed E-state index contributed by atoms with van der Waals surface area (Å²) in [5, 5.41) is 6.12. The van der Waals surface area contributed by atoms with Crippen LogP contribution in [-0.4, -0.2) is 63.7 Å². The lowest BCUT2D eigenvalue weighted by molar-refractivity contribution is 0.112. The van der Waals surface area contributed by atoms with Crippen LogP contribution in [0.2, 0.25) is 0 Å². The largest absolute Gasteiger partial charge is 0.489 e. The zero-order valence-electron chi connectivity index (χ0n) is 17.6. The van der Waals surface area contributed by atoms with Gasteiger partial charge in [0.1, 0.15) is 18.6 Å². The molecule has 29 heavy (non-hydrogen) atoms. The molecule has 4 N–H and O–H groups in total. The molecule has 0 amide bonds. The highest BCUT2D eigenvalue weighted by Gasteiger charge is 2.19. The summed E-state index contributed by atoms with van der Waals surface area (Å²) in [6.07, 6.45) is 2.43. The van der Waals surface area contributed by atoms with E-state index in [9.17, 15) is 13.8 Å². The lowest BCUT2D eigenvalue weighted by atomic mass is 10.0. The number of carbonyl (C=O) groups is 1. The zero-order chi connectivity index (χ0) is 21.7. The molecule has 0 aliphatic carbocycles. The Kier molecular flexibility index (Phi) is 12.0. The maximum atomic E-state index is 12.8. The van der Waals surface area contributed by atoms with Gasteiger partial charge in [0.05, 0.1) is 6.33 Å². The van der Waals surface area contributed by atoms with E-state index in [1.807, 2.05) is 20.9 Å². The highest BCUT2D eigenvalue weighted by Crippen LogP contribution is 2.34. The van der Waals surface area contributed by atoms with Gasteiger partial charge in [-0.3, -0.25) is 19.5 Å². The number of hydrogen-bond acceptors (Lipinski definition) is 5. The highest BCUT2D eigenvalue weighted by molar-refractivity contribution is 7.59. The number of rotatable bonds is 15. The molecule has 0 bridgehead atoms. The van der Waals surface area contributed by atoms with Crippen LogP contribution in [-0.2, 0) is 11.0 Å². The Morgan fingerprint density at radius 3 is 2.52 bits per heavy atom. The maximum Gasteiger partial charge on any atom is 0.212 e. The molecule has 0 aliphatic heterocycles. The van der Waals surface area contributed by atoms with Gasteiger partial charge in [-0.1, -0.05) is 13.8 Å². The van der Waals surface area contributed by atoms with Gasteiger partial charge in [0.25, 0.3) is 0 Å². The number of halogens is 1. The van der Waals surface area contributed by atoms with Crippen molar-refractivity contribution in [3.8, 4) is 5.75 Å². The molecule has 0 radical (unpaired) electrons. The van der Waals surface area contributed by atoms with Gasteiger partial charge in [-0.25, -0.2) is 4.39 Å². The number of likely N-dealkylation sites (N-methyl/N-ethyl adjacent to an activating group) is 1. The van der Waals surface area contributed by atoms with Crippen LogP contribution in [0.3, 0.4) is 0 Å². The van der Waals surface area contributed by atoms with Crippen molar-refractivity contribution in [1.82, 2.24) is 15.1 Å². The molecule has 0 atom stereocenters. The molecule has 0 spiro atoms. The smallest absolute Gasteiger partial charge is 0.212 e. The normalized spacial score (nSPS) is 12.4. The van der Waals surface area contributed by atoms with Gasteiger partial charge in [0.15, 0.2) is 0 Å². The lowest BCUT2D eigenvalue weighted by Gasteiger charge is -2.23. The van der Waals surface area contributed by atoms with E-state index >= 15 is 0 Å². The monoisotopic (exact) mass is 428 g/mol. The van der Waals surface area contributed by atoms with Crippen LogP contribution in [0.5, 0.6) is 5.75 Å². The van der Waals surface area contributed by atoms with E-state index in [1.165, 1.54) is 0 Å². The first-order valence-corrected chi connectivity index (χ1v) is 11.8. The summed E-state index contributed by atoms with van der Waals surface area (Å²) >= 11 is 0. The van der Waals surface area contributed by atoms with Crippen LogP contribution < -0.4 is 20.6 Å². The predicted molar refractivity (Wildman–Crippen MR) is 117 cm³/mol. The van der Waals surface area contributed by atoms with Gasteiger partial charge in [-0.2, -0.15) is 0 Å². The molecule has 0 saturated carbocycles. The molecule has 0 heterocycles. The van der Waals surface area contributed by atoms with Gasteiger partial charge in [-0.05, 0) is 50.3 Å². The fourth-order valence-corrected chi connectivity index (χ4v) is 4.85. The van der Waals surface area contributed by atoms with Crippen molar-refractivity contribution in [2.24, 2.45) is 5.73 Å². The molecule has 7 nitrogen and oxygen atoms in total. The number of aldehydes is 1. The topological polar surface area (TPSA) is 96.7 Å². The summed E-state index contributed by atoms with van der Waals surface area (Å²) in [5.41, 5.74) is 7.24. The minimum Gasteiger partial charge on any atom is -0.489 e. The first kappa shape index (κ1) is 25.5. The zero-order valence-corrected chi connectivity index (χ0v) is 18.5. The molecule has 0 fully saturated rings. The summed E-state index contributed by atoms with van der Waals surface area (Å²) in [7, 11) is -0.620. The molecule has 1 rings (SSSR count). The van der Waals surface area contributed by atoms with Crippen molar-refractivity contribution in [2.75, 3.05) is 52.5 Å². The molecule has 0 saturated heterocycles. The van der Waals surface area contributed by atoms with Gasteiger partial charge in [-0.15, -0.1) is 0 Å². The molecule has 0 aliphatic rings. The number of carbonyl (C=O) groups excluding carboxylic acids is 1. The molecule has 0 unspecified atom stereocenters. The SMILES string of the molecule is CCNP(=O)(CCN(C)CCc1cc(OC/C(=C\F)CN)ccc1C=O)NCC. The van der Waals surface area contributed by atoms with Crippen molar-refractivity contribution < 1.29 is 18.5 Å². The molecular formula is C20H34FN4O3P. The molecular weight excluding hydrogens is 394 g/mol. The number of nitrogens with one attached hydrogen (secondary N) is 2. The number of nitrogens with zero attached hydrogens (tertiary/aromatic N) is 1. The van der Waals surface area contributed by atoms with Gasteiger partial charge < -0.3 is 15.4 Å².